The minimum Gasteiger partial charge on any atom is -0.352 e. The summed E-state index contributed by atoms with van der Waals surface area (Å²) in [6.07, 6.45) is 4.61. The van der Waals surface area contributed by atoms with Gasteiger partial charge < -0.3 is 5.32 Å². The van der Waals surface area contributed by atoms with Gasteiger partial charge in [-0.2, -0.15) is 13.2 Å². The van der Waals surface area contributed by atoms with Crippen molar-refractivity contribution in [2.45, 2.75) is 39.3 Å². The fourth-order valence-electron chi connectivity index (χ4n) is 2.01. The first-order chi connectivity index (χ1) is 11.3. The number of amides is 1. The molecule has 0 fully saturated rings. The summed E-state index contributed by atoms with van der Waals surface area (Å²) >= 11 is 0. The number of hydrogen-bond acceptors (Lipinski definition) is 1. The summed E-state index contributed by atoms with van der Waals surface area (Å²) in [6, 6.07) is 5.42. The van der Waals surface area contributed by atoms with E-state index in [9.17, 15) is 18.0 Å². The van der Waals surface area contributed by atoms with Gasteiger partial charge in [-0.3, -0.25) is 4.79 Å². The molecule has 0 unspecified atom stereocenters. The first-order valence-corrected chi connectivity index (χ1v) is 8.06. The van der Waals surface area contributed by atoms with E-state index in [1.165, 1.54) is 18.2 Å². The van der Waals surface area contributed by atoms with Crippen LogP contribution in [0.15, 0.2) is 48.6 Å². The number of halogens is 3. The maximum absolute atomic E-state index is 12.6. The van der Waals surface area contributed by atoms with Crippen molar-refractivity contribution in [1.29, 1.82) is 0 Å². The molecule has 1 aromatic carbocycles. The molecular weight excluding hydrogens is 315 g/mol. The average Bonchev–Trinajstić information content (AvgIpc) is 2.51. The lowest BCUT2D eigenvalue weighted by Gasteiger charge is -2.08. The van der Waals surface area contributed by atoms with Crippen LogP contribution in [0.4, 0.5) is 13.2 Å². The third kappa shape index (κ3) is 8.56. The highest BCUT2D eigenvalue weighted by atomic mass is 19.4. The molecule has 1 N–H and O–H groups in total. The van der Waals surface area contributed by atoms with Crippen molar-refractivity contribution < 1.29 is 18.0 Å². The second-order valence-electron chi connectivity index (χ2n) is 6.02. The quantitative estimate of drug-likeness (QED) is 0.407. The van der Waals surface area contributed by atoms with Crippen LogP contribution in [0.2, 0.25) is 0 Å². The van der Waals surface area contributed by atoms with Crippen LogP contribution in [-0.4, -0.2) is 12.5 Å². The molecule has 5 heteroatoms. The van der Waals surface area contributed by atoms with Crippen molar-refractivity contribution in [1.82, 2.24) is 5.32 Å². The summed E-state index contributed by atoms with van der Waals surface area (Å²) < 4.78 is 37.8. The molecule has 0 saturated carbocycles. The molecule has 2 nitrogen and oxygen atoms in total. The highest BCUT2D eigenvalue weighted by molar-refractivity contribution is 5.87. The zero-order chi connectivity index (χ0) is 18.0. The molecule has 24 heavy (non-hydrogen) atoms. The van der Waals surface area contributed by atoms with Crippen LogP contribution in [0.1, 0.15) is 37.8 Å². The van der Waals surface area contributed by atoms with Crippen LogP contribution in [-0.2, 0) is 17.4 Å². The van der Waals surface area contributed by atoms with Crippen molar-refractivity contribution in [3.63, 3.8) is 0 Å². The van der Waals surface area contributed by atoms with E-state index < -0.39 is 11.7 Å². The van der Waals surface area contributed by atoms with Gasteiger partial charge in [-0.05, 0) is 36.8 Å². The van der Waals surface area contributed by atoms with Gasteiger partial charge in [0.05, 0.1) is 5.56 Å². The third-order valence-electron chi connectivity index (χ3n) is 3.27. The number of nitrogens with one attached hydrogen (secondary N) is 1. The van der Waals surface area contributed by atoms with Gasteiger partial charge >= 0.3 is 6.18 Å². The second-order valence-corrected chi connectivity index (χ2v) is 6.02. The largest absolute Gasteiger partial charge is 0.416 e. The second kappa shape index (κ2) is 9.96. The SMILES string of the molecule is CC(C)CNC(=O)C=C/C=C/CCCc1cccc(C(F)(F)F)c1. The Bertz CT molecular complexity index is 574. The number of allylic oxidation sites excluding steroid dienone is 3. The zero-order valence-corrected chi connectivity index (χ0v) is 14.1. The normalized spacial score (nSPS) is 12.4. The van der Waals surface area contributed by atoms with E-state index in [-0.39, 0.29) is 5.91 Å². The molecule has 0 atom stereocenters. The molecule has 0 aliphatic carbocycles. The van der Waals surface area contributed by atoms with Crippen molar-refractivity contribution >= 4 is 5.91 Å². The number of hydrogen-bond donors (Lipinski definition) is 1. The fraction of sp³-hybridized carbons (Fsp3) is 0.421. The Morgan fingerprint density at radius 3 is 2.67 bits per heavy atom. The van der Waals surface area contributed by atoms with Crippen LogP contribution in [0.3, 0.4) is 0 Å². The number of aryl methyl sites for hydroxylation is 1. The van der Waals surface area contributed by atoms with E-state index in [4.69, 9.17) is 0 Å². The molecule has 0 heterocycles. The summed E-state index contributed by atoms with van der Waals surface area (Å²) in [5.41, 5.74) is 0.0766. The predicted octanol–water partition coefficient (Wildman–Crippen LogP) is 4.91. The van der Waals surface area contributed by atoms with Crippen LogP contribution in [0, 0.1) is 5.92 Å². The van der Waals surface area contributed by atoms with Crippen LogP contribution >= 0.6 is 0 Å². The summed E-state index contributed by atoms with van der Waals surface area (Å²) in [7, 11) is 0. The lowest BCUT2D eigenvalue weighted by Crippen LogP contribution is -2.25. The smallest absolute Gasteiger partial charge is 0.352 e. The first-order valence-electron chi connectivity index (χ1n) is 8.06. The molecule has 0 aromatic heterocycles. The van der Waals surface area contributed by atoms with Crippen molar-refractivity contribution in [3.8, 4) is 0 Å². The Balaban J connectivity index is 2.30. The minimum atomic E-state index is -4.29. The Labute approximate surface area is 141 Å². The standard InChI is InChI=1S/C19H24F3NO/c1-15(2)14-23-18(24)12-7-5-3-4-6-9-16-10-8-11-17(13-16)19(20,21)22/h3,5,7-8,10-13,15H,4,6,9,14H2,1-2H3,(H,23,24)/b5-3+,12-7?. The highest BCUT2D eigenvalue weighted by Crippen LogP contribution is 2.29. The number of carbonyl (C=O) groups excluding carboxylic acids is 1. The van der Waals surface area contributed by atoms with Gasteiger partial charge in [0.15, 0.2) is 0 Å². The molecular formula is C19H24F3NO. The molecule has 0 aliphatic heterocycles. The zero-order valence-electron chi connectivity index (χ0n) is 14.1. The van der Waals surface area contributed by atoms with Crippen molar-refractivity contribution in [2.24, 2.45) is 5.92 Å². The molecule has 132 valence electrons. The van der Waals surface area contributed by atoms with Gasteiger partial charge in [0, 0.05) is 12.6 Å². The van der Waals surface area contributed by atoms with Crippen LogP contribution in [0.5, 0.6) is 0 Å². The van der Waals surface area contributed by atoms with Crippen molar-refractivity contribution in [2.75, 3.05) is 6.54 Å². The first kappa shape index (κ1) is 20.0. The van der Waals surface area contributed by atoms with Gasteiger partial charge in [-0.15, -0.1) is 0 Å². The lowest BCUT2D eigenvalue weighted by molar-refractivity contribution is -0.137. The minimum absolute atomic E-state index is 0.127. The van der Waals surface area contributed by atoms with Gasteiger partial charge in [0.25, 0.3) is 0 Å². The Morgan fingerprint density at radius 2 is 2.00 bits per heavy atom. The fourth-order valence-corrected chi connectivity index (χ4v) is 2.01. The van der Waals surface area contributed by atoms with Crippen LogP contribution in [0.25, 0.3) is 0 Å². The molecule has 0 bridgehead atoms. The molecule has 1 amide bonds. The van der Waals surface area contributed by atoms with E-state index in [0.29, 0.717) is 24.4 Å². The topological polar surface area (TPSA) is 29.1 Å². The number of rotatable bonds is 8. The molecule has 0 saturated heterocycles. The van der Waals surface area contributed by atoms with E-state index in [2.05, 4.69) is 5.32 Å². The average molecular weight is 339 g/mol. The molecule has 0 spiro atoms. The Kier molecular flexibility index (Phi) is 8.30. The predicted molar refractivity (Wildman–Crippen MR) is 90.5 cm³/mol. The summed E-state index contributed by atoms with van der Waals surface area (Å²) in [5, 5.41) is 2.77. The highest BCUT2D eigenvalue weighted by Gasteiger charge is 2.30. The number of carbonyl (C=O) groups is 1. The molecule has 0 radical (unpaired) electrons. The Hall–Kier alpha value is -2.04. The molecule has 1 aromatic rings. The molecule has 0 aliphatic rings. The van der Waals surface area contributed by atoms with E-state index >= 15 is 0 Å². The monoisotopic (exact) mass is 339 g/mol. The third-order valence-corrected chi connectivity index (χ3v) is 3.27. The Morgan fingerprint density at radius 1 is 1.25 bits per heavy atom. The van der Waals surface area contributed by atoms with Crippen molar-refractivity contribution in [3.05, 3.63) is 59.7 Å². The van der Waals surface area contributed by atoms with E-state index in [1.807, 2.05) is 19.9 Å². The number of unbranched alkanes of at least 4 members (excludes halogenated alkanes) is 1. The maximum Gasteiger partial charge on any atom is 0.416 e. The number of alkyl halides is 3. The van der Waals surface area contributed by atoms with Gasteiger partial charge in [0.1, 0.15) is 0 Å². The lowest BCUT2D eigenvalue weighted by atomic mass is 10.0. The maximum atomic E-state index is 12.6. The summed E-state index contributed by atoms with van der Waals surface area (Å²) in [4.78, 5) is 11.4. The van der Waals surface area contributed by atoms with E-state index in [0.717, 1.165) is 18.9 Å². The van der Waals surface area contributed by atoms with Gasteiger partial charge in [-0.25, -0.2) is 0 Å². The van der Waals surface area contributed by atoms with Gasteiger partial charge in [-0.1, -0.05) is 50.3 Å². The number of benzene rings is 1. The van der Waals surface area contributed by atoms with Crippen LogP contribution < -0.4 is 5.32 Å². The summed E-state index contributed by atoms with van der Waals surface area (Å²) in [6.45, 7) is 4.69. The van der Waals surface area contributed by atoms with E-state index in [1.54, 1.807) is 18.2 Å². The molecule has 1 rings (SSSR count). The summed E-state index contributed by atoms with van der Waals surface area (Å²) in [5.74, 6) is 0.283. The van der Waals surface area contributed by atoms with Gasteiger partial charge in [0.2, 0.25) is 5.91 Å².